The van der Waals surface area contributed by atoms with Crippen molar-refractivity contribution in [3.05, 3.63) is 70.9 Å². The summed E-state index contributed by atoms with van der Waals surface area (Å²) in [6.07, 6.45) is 0. The van der Waals surface area contributed by atoms with E-state index in [2.05, 4.69) is 31.4 Å². The number of nitrogens with one attached hydrogen (secondary N) is 2. The van der Waals surface area contributed by atoms with Crippen LogP contribution < -0.4 is 10.6 Å². The van der Waals surface area contributed by atoms with Gasteiger partial charge in [0, 0.05) is 34.7 Å². The topological polar surface area (TPSA) is 79.2 Å². The molecular weight excluding hydrogens is 400 g/mol. The van der Waals surface area contributed by atoms with Gasteiger partial charge in [-0.25, -0.2) is 9.48 Å². The molecule has 0 bridgehead atoms. The van der Waals surface area contributed by atoms with E-state index in [9.17, 15) is 9.90 Å². The third-order valence-corrected chi connectivity index (χ3v) is 5.05. The Balaban J connectivity index is 1.88. The van der Waals surface area contributed by atoms with Gasteiger partial charge in [0.05, 0.1) is 11.4 Å². The molecule has 1 heterocycles. The maximum absolute atomic E-state index is 12.6. The van der Waals surface area contributed by atoms with Gasteiger partial charge in [0.1, 0.15) is 5.82 Å². The molecule has 0 aliphatic rings. The number of aliphatic hydroxyl groups excluding tert-OH is 1. The van der Waals surface area contributed by atoms with E-state index < -0.39 is 0 Å². The second-order valence-corrected chi connectivity index (χ2v) is 8.77. The van der Waals surface area contributed by atoms with Gasteiger partial charge in [-0.3, -0.25) is 5.32 Å². The normalized spacial score (nSPS) is 12.5. The summed E-state index contributed by atoms with van der Waals surface area (Å²) in [5.41, 5.74) is 3.18. The van der Waals surface area contributed by atoms with Crippen LogP contribution in [0.4, 0.5) is 16.3 Å². The van der Waals surface area contributed by atoms with Crippen LogP contribution in [0.15, 0.2) is 54.6 Å². The Morgan fingerprint density at radius 1 is 1.10 bits per heavy atom. The van der Waals surface area contributed by atoms with E-state index in [0.717, 1.165) is 16.9 Å². The highest BCUT2D eigenvalue weighted by Crippen LogP contribution is 2.27. The first kappa shape index (κ1) is 21.9. The molecule has 7 heteroatoms. The van der Waals surface area contributed by atoms with Gasteiger partial charge < -0.3 is 10.4 Å². The predicted octanol–water partition coefficient (Wildman–Crippen LogP) is 5.56. The van der Waals surface area contributed by atoms with E-state index in [0.29, 0.717) is 16.5 Å². The maximum atomic E-state index is 12.6. The molecule has 0 spiro atoms. The summed E-state index contributed by atoms with van der Waals surface area (Å²) in [6, 6.07) is 16.2. The second-order valence-electron chi connectivity index (χ2n) is 8.34. The summed E-state index contributed by atoms with van der Waals surface area (Å²) < 4.78 is 1.72. The zero-order valence-electron chi connectivity index (χ0n) is 17.6. The molecule has 30 heavy (non-hydrogen) atoms. The number of nitrogens with zero attached hydrogens (tertiary/aromatic N) is 2. The summed E-state index contributed by atoms with van der Waals surface area (Å²) in [5, 5.41) is 20.4. The first-order valence-electron chi connectivity index (χ1n) is 9.82. The smallest absolute Gasteiger partial charge is 0.324 e. The summed E-state index contributed by atoms with van der Waals surface area (Å²) in [7, 11) is 0. The molecule has 0 fully saturated rings. The quantitative estimate of drug-likeness (QED) is 0.499. The molecule has 3 aromatic rings. The van der Waals surface area contributed by atoms with Gasteiger partial charge in [0.25, 0.3) is 0 Å². The standard InChI is InChI=1S/C23H27ClN4O2/c1-15(14-29)16-5-11-19(12-6-16)28-21(13-20(27-28)23(2,3)4)26-22(30)25-18-9-7-17(24)8-10-18/h5-13,15,29H,14H2,1-4H3,(H2,25,26,30). The Bertz CT molecular complexity index is 1010. The van der Waals surface area contributed by atoms with Crippen molar-refractivity contribution in [1.82, 2.24) is 9.78 Å². The van der Waals surface area contributed by atoms with Crippen molar-refractivity contribution in [2.75, 3.05) is 17.2 Å². The van der Waals surface area contributed by atoms with Crippen LogP contribution in [-0.2, 0) is 5.41 Å². The lowest BCUT2D eigenvalue weighted by Gasteiger charge is -2.14. The number of rotatable bonds is 5. The zero-order chi connectivity index (χ0) is 21.9. The van der Waals surface area contributed by atoms with Crippen LogP contribution in [-0.4, -0.2) is 27.5 Å². The van der Waals surface area contributed by atoms with Crippen LogP contribution in [0.3, 0.4) is 0 Å². The van der Waals surface area contributed by atoms with Crippen LogP contribution in [0.2, 0.25) is 5.02 Å². The molecule has 6 nitrogen and oxygen atoms in total. The molecular formula is C23H27ClN4O2. The number of hydrogen-bond donors (Lipinski definition) is 3. The van der Waals surface area contributed by atoms with Gasteiger partial charge in [-0.05, 0) is 42.0 Å². The number of urea groups is 1. The molecule has 2 amide bonds. The summed E-state index contributed by atoms with van der Waals surface area (Å²) >= 11 is 5.90. The highest BCUT2D eigenvalue weighted by atomic mass is 35.5. The molecule has 0 aliphatic heterocycles. The van der Waals surface area contributed by atoms with Crippen molar-refractivity contribution in [1.29, 1.82) is 0 Å². The van der Waals surface area contributed by atoms with Crippen LogP contribution >= 0.6 is 11.6 Å². The Hall–Kier alpha value is -2.83. The fourth-order valence-corrected chi connectivity index (χ4v) is 3.02. The zero-order valence-corrected chi connectivity index (χ0v) is 18.4. The molecule has 1 unspecified atom stereocenters. The third-order valence-electron chi connectivity index (χ3n) is 4.80. The number of aliphatic hydroxyl groups is 1. The minimum absolute atomic E-state index is 0.0598. The number of carbonyl (C=O) groups excluding carboxylic acids is 1. The minimum Gasteiger partial charge on any atom is -0.396 e. The molecule has 0 aliphatic carbocycles. The van der Waals surface area contributed by atoms with Crippen molar-refractivity contribution in [2.24, 2.45) is 0 Å². The number of carbonyl (C=O) groups is 1. The van der Waals surface area contributed by atoms with Crippen molar-refractivity contribution >= 4 is 29.1 Å². The van der Waals surface area contributed by atoms with E-state index in [1.54, 1.807) is 28.9 Å². The molecule has 158 valence electrons. The first-order chi connectivity index (χ1) is 14.2. The lowest BCUT2D eigenvalue weighted by atomic mass is 9.92. The van der Waals surface area contributed by atoms with Gasteiger partial charge in [-0.2, -0.15) is 5.10 Å². The van der Waals surface area contributed by atoms with Crippen molar-refractivity contribution < 1.29 is 9.90 Å². The fourth-order valence-electron chi connectivity index (χ4n) is 2.89. The number of halogens is 1. The highest BCUT2D eigenvalue weighted by molar-refractivity contribution is 6.30. The predicted molar refractivity (Wildman–Crippen MR) is 122 cm³/mol. The SMILES string of the molecule is CC(CO)c1ccc(-n2nc(C(C)(C)C)cc2NC(=O)Nc2ccc(Cl)cc2)cc1. The van der Waals surface area contributed by atoms with Gasteiger partial charge in [0.15, 0.2) is 0 Å². The lowest BCUT2D eigenvalue weighted by molar-refractivity contribution is 0.262. The number of aromatic nitrogens is 2. The van der Waals surface area contributed by atoms with Gasteiger partial charge in [-0.15, -0.1) is 0 Å². The van der Waals surface area contributed by atoms with E-state index in [1.165, 1.54) is 0 Å². The molecule has 0 saturated carbocycles. The number of anilines is 2. The molecule has 0 radical (unpaired) electrons. The van der Waals surface area contributed by atoms with Gasteiger partial charge in [0.2, 0.25) is 0 Å². The van der Waals surface area contributed by atoms with Gasteiger partial charge >= 0.3 is 6.03 Å². The second kappa shape index (κ2) is 8.90. The van der Waals surface area contributed by atoms with E-state index in [4.69, 9.17) is 16.7 Å². The molecule has 0 saturated heterocycles. The molecule has 2 aromatic carbocycles. The van der Waals surface area contributed by atoms with Crippen LogP contribution in [0.1, 0.15) is 44.9 Å². The van der Waals surface area contributed by atoms with E-state index >= 15 is 0 Å². The number of benzene rings is 2. The fraction of sp³-hybridized carbons (Fsp3) is 0.304. The molecule has 1 aromatic heterocycles. The van der Waals surface area contributed by atoms with Crippen LogP contribution in [0, 0.1) is 0 Å². The molecule has 1 atom stereocenters. The summed E-state index contributed by atoms with van der Waals surface area (Å²) in [6.45, 7) is 8.28. The Labute approximate surface area is 181 Å². The number of hydrogen-bond acceptors (Lipinski definition) is 3. The molecule has 3 rings (SSSR count). The summed E-state index contributed by atoms with van der Waals surface area (Å²) in [5.74, 6) is 0.624. The van der Waals surface area contributed by atoms with Crippen LogP contribution in [0.25, 0.3) is 5.69 Å². The first-order valence-corrected chi connectivity index (χ1v) is 10.2. The van der Waals surface area contributed by atoms with Crippen molar-refractivity contribution in [2.45, 2.75) is 39.0 Å². The minimum atomic E-state index is -0.371. The Morgan fingerprint density at radius 3 is 2.30 bits per heavy atom. The van der Waals surface area contributed by atoms with E-state index in [1.807, 2.05) is 37.3 Å². The van der Waals surface area contributed by atoms with Crippen LogP contribution in [0.5, 0.6) is 0 Å². The summed E-state index contributed by atoms with van der Waals surface area (Å²) in [4.78, 5) is 12.6. The lowest BCUT2D eigenvalue weighted by Crippen LogP contribution is -2.21. The maximum Gasteiger partial charge on any atom is 0.324 e. The van der Waals surface area contributed by atoms with Crippen molar-refractivity contribution in [3.63, 3.8) is 0 Å². The monoisotopic (exact) mass is 426 g/mol. The average molecular weight is 427 g/mol. The molecule has 3 N–H and O–H groups in total. The average Bonchev–Trinajstić information content (AvgIpc) is 3.13. The largest absolute Gasteiger partial charge is 0.396 e. The van der Waals surface area contributed by atoms with E-state index in [-0.39, 0.29) is 24.0 Å². The Kier molecular flexibility index (Phi) is 6.48. The van der Waals surface area contributed by atoms with Crippen molar-refractivity contribution in [3.8, 4) is 5.69 Å². The van der Waals surface area contributed by atoms with Gasteiger partial charge in [-0.1, -0.05) is 51.4 Å². The number of amides is 2. The third kappa shape index (κ3) is 5.20. The highest BCUT2D eigenvalue weighted by Gasteiger charge is 2.21. The Morgan fingerprint density at radius 2 is 1.73 bits per heavy atom.